The largest absolute Gasteiger partial charge is 0.473 e. The minimum Gasteiger partial charge on any atom is -0.473 e. The molecule has 0 saturated heterocycles. The van der Waals surface area contributed by atoms with E-state index in [2.05, 4.69) is 30.3 Å². The lowest BCUT2D eigenvalue weighted by Gasteiger charge is -2.41. The van der Waals surface area contributed by atoms with Crippen LogP contribution in [-0.4, -0.2) is 0 Å². The summed E-state index contributed by atoms with van der Waals surface area (Å²) in [6.07, 6.45) is 8.00. The molecular weight excluding hydrogens is 687 g/mol. The lowest BCUT2D eigenvalue weighted by molar-refractivity contribution is 0.133. The van der Waals surface area contributed by atoms with Crippen molar-refractivity contribution in [2.45, 2.75) is 11.2 Å². The van der Waals surface area contributed by atoms with E-state index in [-0.39, 0.29) is 0 Å². The Labute approximate surface area is 307 Å². The van der Waals surface area contributed by atoms with Gasteiger partial charge < -0.3 is 9.47 Å². The molecule has 0 aliphatic carbocycles. The molecule has 8 aromatic rings. The second-order valence-corrected chi connectivity index (χ2v) is 14.9. The summed E-state index contributed by atoms with van der Waals surface area (Å²) in [5, 5.41) is 8.28. The van der Waals surface area contributed by atoms with Gasteiger partial charge in [0, 0.05) is 38.3 Å². The van der Waals surface area contributed by atoms with Crippen LogP contribution in [0.5, 0.6) is 11.5 Å². The number of hydrogen-bond donors (Lipinski definition) is 0. The first-order valence-corrected chi connectivity index (χ1v) is 18.8. The van der Waals surface area contributed by atoms with Crippen LogP contribution in [0.4, 0.5) is 8.78 Å². The fourth-order valence-corrected chi connectivity index (χ4v) is 9.90. The van der Waals surface area contributed by atoms with Gasteiger partial charge in [-0.25, -0.2) is 8.78 Å². The Morgan fingerprint density at radius 3 is 1.62 bits per heavy atom. The second-order valence-electron chi connectivity index (χ2n) is 13.0. The molecule has 2 aliphatic heterocycles. The molecule has 0 saturated carbocycles. The molecular formula is C46H28F2O2S2. The summed E-state index contributed by atoms with van der Waals surface area (Å²) in [7, 11) is 0. The first kappa shape index (κ1) is 31.0. The van der Waals surface area contributed by atoms with E-state index in [1.165, 1.54) is 23.5 Å². The predicted molar refractivity (Wildman–Crippen MR) is 209 cm³/mol. The van der Waals surface area contributed by atoms with Crippen LogP contribution >= 0.6 is 22.7 Å². The summed E-state index contributed by atoms with van der Waals surface area (Å²) >= 11 is 3.12. The van der Waals surface area contributed by atoms with Gasteiger partial charge in [0.25, 0.3) is 0 Å². The number of benzene rings is 6. The molecule has 2 atom stereocenters. The van der Waals surface area contributed by atoms with Crippen molar-refractivity contribution in [1.82, 2.24) is 0 Å². The third kappa shape index (κ3) is 4.58. The summed E-state index contributed by atoms with van der Waals surface area (Å²) in [6.45, 7) is 0. The summed E-state index contributed by atoms with van der Waals surface area (Å²) in [6, 6.07) is 41.8. The van der Waals surface area contributed by atoms with Gasteiger partial charge in [-0.15, -0.1) is 22.7 Å². The number of hydrogen-bond acceptors (Lipinski definition) is 4. The van der Waals surface area contributed by atoms with Crippen molar-refractivity contribution in [3.05, 3.63) is 201 Å². The maximum atomic E-state index is 16.5. The number of halogens is 2. The molecule has 2 aliphatic rings. The highest BCUT2D eigenvalue weighted by Crippen LogP contribution is 2.56. The normalized spacial score (nSPS) is 18.9. The van der Waals surface area contributed by atoms with E-state index >= 15 is 8.78 Å². The van der Waals surface area contributed by atoms with Crippen LogP contribution in [0.25, 0.3) is 43.5 Å². The van der Waals surface area contributed by atoms with Crippen molar-refractivity contribution in [2.24, 2.45) is 0 Å². The Morgan fingerprint density at radius 1 is 0.481 bits per heavy atom. The van der Waals surface area contributed by atoms with Crippen molar-refractivity contribution in [3.8, 4) is 21.3 Å². The topological polar surface area (TPSA) is 18.5 Å². The Hall–Kier alpha value is -5.82. The van der Waals surface area contributed by atoms with Gasteiger partial charge >= 0.3 is 0 Å². The highest BCUT2D eigenvalue weighted by molar-refractivity contribution is 7.20. The molecule has 0 amide bonds. The van der Waals surface area contributed by atoms with E-state index in [0.717, 1.165) is 42.4 Å². The molecule has 0 bridgehead atoms. The number of thiophene rings is 2. The molecule has 0 spiro atoms. The van der Waals surface area contributed by atoms with E-state index in [4.69, 9.17) is 9.47 Å². The fourth-order valence-electron chi connectivity index (χ4n) is 7.85. The van der Waals surface area contributed by atoms with Gasteiger partial charge in [-0.05, 0) is 86.9 Å². The van der Waals surface area contributed by atoms with Crippen LogP contribution in [0.15, 0.2) is 156 Å². The van der Waals surface area contributed by atoms with Crippen molar-refractivity contribution in [1.29, 1.82) is 0 Å². The third-order valence-corrected chi connectivity index (χ3v) is 12.3. The highest BCUT2D eigenvalue weighted by Gasteiger charge is 2.50. The predicted octanol–water partition coefficient (Wildman–Crippen LogP) is 12.8. The lowest BCUT2D eigenvalue weighted by atomic mass is 9.74. The van der Waals surface area contributed by atoms with Crippen LogP contribution in [0.3, 0.4) is 0 Å². The summed E-state index contributed by atoms with van der Waals surface area (Å²) < 4.78 is 47.4. The molecule has 6 aromatic carbocycles. The average Bonchev–Trinajstić information content (AvgIpc) is 3.89. The third-order valence-electron chi connectivity index (χ3n) is 10.2. The minimum absolute atomic E-state index is 0.344. The van der Waals surface area contributed by atoms with Crippen LogP contribution in [0.1, 0.15) is 33.4 Å². The quantitative estimate of drug-likeness (QED) is 0.177. The van der Waals surface area contributed by atoms with Crippen LogP contribution in [0, 0.1) is 11.6 Å². The first-order valence-electron chi connectivity index (χ1n) is 17.0. The van der Waals surface area contributed by atoms with E-state index in [1.54, 1.807) is 35.6 Å². The summed E-state index contributed by atoms with van der Waals surface area (Å²) in [4.78, 5) is 1.87. The second kappa shape index (κ2) is 11.9. The van der Waals surface area contributed by atoms with E-state index in [0.29, 0.717) is 33.8 Å². The molecule has 0 fully saturated rings. The standard InChI is InChI=1S/C46H28F2O2S2/c47-38-16-7-5-14-35(38)45(25-23-33-31-12-3-1-10-29(31)19-21-40(33)49-45)37-28-52-44(42-18-9-27-51-42)43(37)46(36-15-6-8-17-39(36)48)26-24-34-32-13-4-2-11-30(32)20-22-41(34)50-46/h1-28H. The lowest BCUT2D eigenvalue weighted by Crippen LogP contribution is -2.41. The van der Waals surface area contributed by atoms with Gasteiger partial charge in [0.2, 0.25) is 0 Å². The number of fused-ring (bicyclic) bond motifs is 6. The smallest absolute Gasteiger partial charge is 0.182 e. The SMILES string of the molecule is Fc1ccccc1C1(c2csc(-c3cccs3)c2C2(c3ccccc3F)C=Cc3c(ccc4ccccc34)O2)C=Cc2c(ccc3ccccc23)O1. The molecule has 2 aromatic heterocycles. The molecule has 0 radical (unpaired) electrons. The zero-order valence-corrected chi connectivity index (χ0v) is 29.2. The molecule has 52 heavy (non-hydrogen) atoms. The van der Waals surface area contributed by atoms with Gasteiger partial charge in [-0.3, -0.25) is 0 Å². The Bertz CT molecular complexity index is 2740. The van der Waals surface area contributed by atoms with E-state index in [9.17, 15) is 0 Å². The summed E-state index contributed by atoms with van der Waals surface area (Å²) in [5.74, 6) is 0.414. The molecule has 6 heteroatoms. The van der Waals surface area contributed by atoms with Crippen molar-refractivity contribution >= 4 is 56.4 Å². The molecule has 2 unspecified atom stereocenters. The maximum absolute atomic E-state index is 16.5. The Balaban J connectivity index is 1.30. The van der Waals surface area contributed by atoms with Crippen molar-refractivity contribution in [3.63, 3.8) is 0 Å². The fraction of sp³-hybridized carbons (Fsp3) is 0.0435. The van der Waals surface area contributed by atoms with Gasteiger partial charge in [-0.2, -0.15) is 0 Å². The van der Waals surface area contributed by atoms with Gasteiger partial charge in [-0.1, -0.05) is 103 Å². The van der Waals surface area contributed by atoms with Gasteiger partial charge in [0.05, 0.1) is 4.88 Å². The molecule has 0 N–H and O–H groups in total. The van der Waals surface area contributed by atoms with Crippen molar-refractivity contribution < 1.29 is 18.3 Å². The van der Waals surface area contributed by atoms with Crippen molar-refractivity contribution in [2.75, 3.05) is 0 Å². The van der Waals surface area contributed by atoms with Crippen LogP contribution in [0.2, 0.25) is 0 Å². The van der Waals surface area contributed by atoms with Crippen LogP contribution in [-0.2, 0) is 11.2 Å². The Morgan fingerprint density at radius 2 is 1.02 bits per heavy atom. The highest BCUT2D eigenvalue weighted by atomic mass is 32.1. The van der Waals surface area contributed by atoms with Crippen LogP contribution < -0.4 is 9.47 Å². The molecule has 250 valence electrons. The van der Waals surface area contributed by atoms with E-state index in [1.807, 2.05) is 102 Å². The monoisotopic (exact) mass is 714 g/mol. The molecule has 4 heterocycles. The summed E-state index contributed by atoms with van der Waals surface area (Å²) in [5.41, 5.74) is 0.969. The number of rotatable bonds is 5. The molecule has 2 nitrogen and oxygen atoms in total. The zero-order valence-electron chi connectivity index (χ0n) is 27.6. The Kier molecular flexibility index (Phi) is 7.07. The maximum Gasteiger partial charge on any atom is 0.182 e. The van der Waals surface area contributed by atoms with E-state index < -0.39 is 22.8 Å². The zero-order chi connectivity index (χ0) is 34.9. The van der Waals surface area contributed by atoms with Gasteiger partial charge in [0.15, 0.2) is 11.2 Å². The average molecular weight is 715 g/mol. The minimum atomic E-state index is -1.46. The first-order chi connectivity index (χ1) is 25.6. The molecule has 10 rings (SSSR count). The van der Waals surface area contributed by atoms with Gasteiger partial charge in [0.1, 0.15) is 23.1 Å². The number of ether oxygens (including phenoxy) is 2.